The minimum Gasteiger partial charge on any atom is -0.444 e. The highest BCUT2D eigenvalue weighted by Crippen LogP contribution is 2.36. The van der Waals surface area contributed by atoms with Crippen LogP contribution >= 0.6 is 0 Å². The number of rotatable bonds is 3. The average Bonchev–Trinajstić information content (AvgIpc) is 3.12. The summed E-state index contributed by atoms with van der Waals surface area (Å²) in [4.78, 5) is 20.8. The number of fused-ring (bicyclic) bond motifs is 3. The molecule has 194 valence electrons. The fraction of sp³-hybridized carbons (Fsp3) is 0.393. The summed E-state index contributed by atoms with van der Waals surface area (Å²) < 4.78 is 36.2. The second-order valence-corrected chi connectivity index (χ2v) is 10.6. The van der Waals surface area contributed by atoms with E-state index in [1.54, 1.807) is 42.3 Å². The van der Waals surface area contributed by atoms with E-state index in [9.17, 15) is 9.18 Å². The first kappa shape index (κ1) is 24.9. The van der Waals surface area contributed by atoms with Gasteiger partial charge in [0.05, 0.1) is 23.3 Å². The topological polar surface area (TPSA) is 81.6 Å². The zero-order valence-electron chi connectivity index (χ0n) is 21.4. The van der Waals surface area contributed by atoms with Crippen molar-refractivity contribution in [3.63, 3.8) is 0 Å². The van der Waals surface area contributed by atoms with Gasteiger partial charge in [-0.3, -0.25) is 15.3 Å². The summed E-state index contributed by atoms with van der Waals surface area (Å²) in [7, 11) is 1.59. The van der Waals surface area contributed by atoms with E-state index in [2.05, 4.69) is 10.3 Å². The summed E-state index contributed by atoms with van der Waals surface area (Å²) in [5, 5.41) is 12.8. The summed E-state index contributed by atoms with van der Waals surface area (Å²) >= 11 is 0. The van der Waals surface area contributed by atoms with Crippen LogP contribution in [0.25, 0.3) is 22.0 Å². The summed E-state index contributed by atoms with van der Waals surface area (Å²) in [6.45, 7) is 6.44. The lowest BCUT2D eigenvalue weighted by atomic mass is 9.99. The molecular weight excluding hydrogens is 476 g/mol. The second kappa shape index (κ2) is 9.28. The van der Waals surface area contributed by atoms with Crippen LogP contribution in [0.3, 0.4) is 0 Å². The molecule has 1 amide bonds. The van der Waals surface area contributed by atoms with E-state index in [-0.39, 0.29) is 35.4 Å². The molecular formula is C28H31F2N5O2. The Morgan fingerprint density at radius 3 is 2.38 bits per heavy atom. The van der Waals surface area contributed by atoms with Crippen molar-refractivity contribution in [2.24, 2.45) is 0 Å². The van der Waals surface area contributed by atoms with Gasteiger partial charge in [-0.15, -0.1) is 0 Å². The van der Waals surface area contributed by atoms with Gasteiger partial charge in [0.25, 0.3) is 0 Å². The Kier molecular flexibility index (Phi) is 6.25. The Labute approximate surface area is 214 Å². The fourth-order valence-electron chi connectivity index (χ4n) is 5.46. The van der Waals surface area contributed by atoms with Gasteiger partial charge in [-0.05, 0) is 45.1 Å². The molecule has 0 aliphatic carbocycles. The monoisotopic (exact) mass is 507 g/mol. The predicted molar refractivity (Wildman–Crippen MR) is 140 cm³/mol. The van der Waals surface area contributed by atoms with Crippen molar-refractivity contribution in [3.05, 3.63) is 59.8 Å². The van der Waals surface area contributed by atoms with Gasteiger partial charge >= 0.3 is 6.09 Å². The number of piperazine rings is 1. The van der Waals surface area contributed by atoms with Crippen molar-refractivity contribution in [1.82, 2.24) is 14.8 Å². The number of amidine groups is 1. The molecule has 1 aromatic heterocycles. The first-order valence-electron chi connectivity index (χ1n) is 12.5. The van der Waals surface area contributed by atoms with Gasteiger partial charge in [0.2, 0.25) is 0 Å². The number of nitrogens with one attached hydrogen (secondary N) is 2. The third-order valence-electron chi connectivity index (χ3n) is 7.04. The molecule has 0 radical (unpaired) electrons. The molecule has 2 aromatic carbocycles. The van der Waals surface area contributed by atoms with Crippen LogP contribution in [-0.4, -0.2) is 64.5 Å². The van der Waals surface area contributed by atoms with Crippen molar-refractivity contribution in [3.8, 4) is 11.3 Å². The fourth-order valence-corrected chi connectivity index (χ4v) is 5.46. The van der Waals surface area contributed by atoms with Crippen molar-refractivity contribution in [1.29, 1.82) is 5.41 Å². The number of amides is 1. The van der Waals surface area contributed by atoms with Crippen LogP contribution in [-0.2, 0) is 4.74 Å². The first-order chi connectivity index (χ1) is 17.6. The number of carbonyl (C=O) groups is 1. The van der Waals surface area contributed by atoms with Gasteiger partial charge in [0, 0.05) is 37.3 Å². The second-order valence-electron chi connectivity index (χ2n) is 10.6. The quantitative estimate of drug-likeness (QED) is 0.355. The molecule has 7 nitrogen and oxygen atoms in total. The van der Waals surface area contributed by atoms with Crippen LogP contribution in [0, 0.1) is 17.0 Å². The normalized spacial score (nSPS) is 19.3. The van der Waals surface area contributed by atoms with Crippen molar-refractivity contribution < 1.29 is 18.3 Å². The lowest BCUT2D eigenvalue weighted by molar-refractivity contribution is 0.00278. The molecule has 2 saturated heterocycles. The van der Waals surface area contributed by atoms with Crippen LogP contribution in [0.4, 0.5) is 19.3 Å². The molecule has 0 spiro atoms. The zero-order valence-corrected chi connectivity index (χ0v) is 21.4. The Morgan fingerprint density at radius 2 is 1.76 bits per heavy atom. The van der Waals surface area contributed by atoms with Gasteiger partial charge in [-0.2, -0.15) is 0 Å². The maximum atomic E-state index is 15.9. The molecule has 2 unspecified atom stereocenters. The number of aromatic nitrogens is 1. The van der Waals surface area contributed by atoms with E-state index in [0.29, 0.717) is 35.0 Å². The zero-order chi connectivity index (χ0) is 26.5. The Balaban J connectivity index is 1.44. The lowest BCUT2D eigenvalue weighted by Crippen LogP contribution is -2.58. The number of likely N-dealkylation sites (tertiary alicyclic amines) is 1. The minimum absolute atomic E-state index is 0.0198. The predicted octanol–water partition coefficient (Wildman–Crippen LogP) is 5.63. The van der Waals surface area contributed by atoms with E-state index in [1.165, 1.54) is 12.3 Å². The summed E-state index contributed by atoms with van der Waals surface area (Å²) in [6.07, 6.45) is 2.78. The lowest BCUT2D eigenvalue weighted by Gasteiger charge is -2.42. The summed E-state index contributed by atoms with van der Waals surface area (Å²) in [6, 6.07) is 9.73. The molecule has 2 fully saturated rings. The maximum Gasteiger partial charge on any atom is 0.410 e. The number of pyridine rings is 1. The van der Waals surface area contributed by atoms with Crippen molar-refractivity contribution >= 4 is 28.4 Å². The largest absolute Gasteiger partial charge is 0.444 e. The minimum atomic E-state index is -0.643. The number of nitrogens with zero attached hydrogens (tertiary/aromatic N) is 3. The van der Waals surface area contributed by atoms with Crippen molar-refractivity contribution in [2.45, 2.75) is 51.3 Å². The van der Waals surface area contributed by atoms with E-state index in [1.807, 2.05) is 25.7 Å². The highest BCUT2D eigenvalue weighted by molar-refractivity contribution is 6.03. The van der Waals surface area contributed by atoms with Crippen molar-refractivity contribution in [2.75, 3.05) is 25.5 Å². The third-order valence-corrected chi connectivity index (χ3v) is 7.04. The number of hydrogen-bond donors (Lipinski definition) is 2. The molecule has 2 atom stereocenters. The number of benzene rings is 2. The molecule has 3 aromatic rings. The maximum absolute atomic E-state index is 15.9. The molecule has 2 aliphatic heterocycles. The molecule has 0 saturated carbocycles. The highest BCUT2D eigenvalue weighted by atomic mass is 19.1. The molecule has 9 heteroatoms. The SMILES string of the molecule is CNc1c(C(=N)N2CC3CCC(C2)N3C(=O)OC(C)(C)C)cnc(-c2cccc3cccc(F)c23)c1F. The molecule has 2 bridgehead atoms. The first-order valence-corrected chi connectivity index (χ1v) is 12.5. The van der Waals surface area contributed by atoms with Gasteiger partial charge < -0.3 is 15.0 Å². The number of carbonyl (C=O) groups excluding carboxylic acids is 1. The number of hydrogen-bond acceptors (Lipinski definition) is 5. The molecule has 2 aliphatic rings. The van der Waals surface area contributed by atoms with E-state index >= 15 is 4.39 Å². The molecule has 2 N–H and O–H groups in total. The number of halogens is 2. The van der Waals surface area contributed by atoms with E-state index < -0.39 is 17.2 Å². The van der Waals surface area contributed by atoms with Crippen LogP contribution in [0.2, 0.25) is 0 Å². The van der Waals surface area contributed by atoms with Gasteiger partial charge in [-0.25, -0.2) is 13.6 Å². The Hall–Kier alpha value is -3.75. The third kappa shape index (κ3) is 4.47. The van der Waals surface area contributed by atoms with Crippen LogP contribution in [0.15, 0.2) is 42.6 Å². The number of ether oxygens (including phenoxy) is 1. The molecule has 5 rings (SSSR count). The van der Waals surface area contributed by atoms with Crippen LogP contribution in [0.5, 0.6) is 0 Å². The van der Waals surface area contributed by atoms with Gasteiger partial charge in [0.1, 0.15) is 22.9 Å². The summed E-state index contributed by atoms with van der Waals surface area (Å²) in [5.74, 6) is -0.960. The standard InChI is InChI=1S/C28H31F2N5O2/c1-28(2,3)37-27(36)35-17-11-12-18(35)15-34(14-17)26(31)20-13-33-25(23(30)24(20)32-4)19-9-5-7-16-8-6-10-21(29)22(16)19/h5-10,13,17-18,31H,11-12,14-15H2,1-4H3,(H,32,33). The summed E-state index contributed by atoms with van der Waals surface area (Å²) in [5.41, 5.74) is 0.234. The smallest absolute Gasteiger partial charge is 0.410 e. The van der Waals surface area contributed by atoms with Crippen LogP contribution in [0.1, 0.15) is 39.2 Å². The molecule has 37 heavy (non-hydrogen) atoms. The van der Waals surface area contributed by atoms with Gasteiger partial charge in [0.15, 0.2) is 5.82 Å². The Bertz CT molecular complexity index is 1370. The van der Waals surface area contributed by atoms with E-state index in [4.69, 9.17) is 10.1 Å². The van der Waals surface area contributed by atoms with Gasteiger partial charge in [-0.1, -0.05) is 30.3 Å². The Morgan fingerprint density at radius 1 is 1.11 bits per heavy atom. The number of anilines is 1. The molecule has 3 heterocycles. The van der Waals surface area contributed by atoms with E-state index in [0.717, 1.165) is 12.8 Å². The highest BCUT2D eigenvalue weighted by Gasteiger charge is 2.45. The van der Waals surface area contributed by atoms with Crippen LogP contribution < -0.4 is 5.32 Å². The average molecular weight is 508 g/mol.